The summed E-state index contributed by atoms with van der Waals surface area (Å²) in [4.78, 5) is 0. The van der Waals surface area contributed by atoms with Gasteiger partial charge in [0.2, 0.25) is 0 Å². The molecule has 0 fully saturated rings. The van der Waals surface area contributed by atoms with Gasteiger partial charge in [0.1, 0.15) is 0 Å². The quantitative estimate of drug-likeness (QED) is 0.643. The summed E-state index contributed by atoms with van der Waals surface area (Å²) in [6.07, 6.45) is 2.64. The van der Waals surface area contributed by atoms with Crippen molar-refractivity contribution < 1.29 is 4.43 Å². The average Bonchev–Trinajstić information content (AvgIpc) is 2.23. The van der Waals surface area contributed by atoms with Crippen LogP contribution in [0.25, 0.3) is 0 Å². The molecular formula is C14H29NOSi. The fourth-order valence-electron chi connectivity index (χ4n) is 1.47. The van der Waals surface area contributed by atoms with Crippen LogP contribution in [0.5, 0.6) is 0 Å². The molecule has 0 saturated carbocycles. The molecule has 3 heteroatoms. The highest BCUT2D eigenvalue weighted by Crippen LogP contribution is 2.39. The van der Waals surface area contributed by atoms with Gasteiger partial charge < -0.3 is 4.43 Å². The molecule has 0 rings (SSSR count). The molecule has 0 saturated heterocycles. The van der Waals surface area contributed by atoms with E-state index in [1.54, 1.807) is 0 Å². The lowest BCUT2D eigenvalue weighted by atomic mass is 9.81. The van der Waals surface area contributed by atoms with Crippen molar-refractivity contribution in [2.45, 2.75) is 72.0 Å². The normalized spacial score (nSPS) is 13.5. The Balaban J connectivity index is 4.68. The van der Waals surface area contributed by atoms with Gasteiger partial charge in [0.25, 0.3) is 0 Å². The average molecular weight is 255 g/mol. The van der Waals surface area contributed by atoms with E-state index in [2.05, 4.69) is 53.8 Å². The number of rotatable bonds is 6. The first-order valence-electron chi connectivity index (χ1n) is 6.65. The van der Waals surface area contributed by atoms with Crippen molar-refractivity contribution in [1.29, 1.82) is 5.26 Å². The van der Waals surface area contributed by atoms with Gasteiger partial charge in [-0.3, -0.25) is 0 Å². The van der Waals surface area contributed by atoms with Crippen LogP contribution in [0.1, 0.15) is 53.9 Å². The molecule has 0 aliphatic rings. The van der Waals surface area contributed by atoms with E-state index in [1.807, 2.05) is 0 Å². The summed E-state index contributed by atoms with van der Waals surface area (Å²) in [6, 6.07) is 2.32. The number of nitrogens with zero attached hydrogens (tertiary/aromatic N) is 1. The SMILES string of the molecule is CCC(CC)(CC#N)CO[Si](C)(C)C(C)(C)C. The minimum absolute atomic E-state index is 0.0598. The Hall–Kier alpha value is -0.333. The number of hydrogen-bond acceptors (Lipinski definition) is 2. The third kappa shape index (κ3) is 4.44. The van der Waals surface area contributed by atoms with Crippen LogP contribution in [-0.4, -0.2) is 14.9 Å². The van der Waals surface area contributed by atoms with E-state index >= 15 is 0 Å². The largest absolute Gasteiger partial charge is 0.416 e. The monoisotopic (exact) mass is 255 g/mol. The van der Waals surface area contributed by atoms with Crippen LogP contribution in [-0.2, 0) is 4.43 Å². The maximum Gasteiger partial charge on any atom is 0.192 e. The predicted octanol–water partition coefficient (Wildman–Crippen LogP) is 4.73. The van der Waals surface area contributed by atoms with E-state index in [9.17, 15) is 0 Å². The zero-order valence-corrected chi connectivity index (χ0v) is 13.7. The summed E-state index contributed by atoms with van der Waals surface area (Å²) in [6.45, 7) is 16.4. The lowest BCUT2D eigenvalue weighted by Crippen LogP contribution is -2.43. The van der Waals surface area contributed by atoms with Crippen LogP contribution < -0.4 is 0 Å². The highest BCUT2D eigenvalue weighted by molar-refractivity contribution is 6.74. The van der Waals surface area contributed by atoms with Crippen molar-refractivity contribution in [1.82, 2.24) is 0 Å². The highest BCUT2D eigenvalue weighted by atomic mass is 28.4. The minimum Gasteiger partial charge on any atom is -0.416 e. The zero-order valence-electron chi connectivity index (χ0n) is 12.7. The van der Waals surface area contributed by atoms with Crippen LogP contribution in [0, 0.1) is 16.7 Å². The molecule has 2 nitrogen and oxygen atoms in total. The molecule has 0 amide bonds. The van der Waals surface area contributed by atoms with E-state index in [0.29, 0.717) is 6.42 Å². The van der Waals surface area contributed by atoms with Gasteiger partial charge in [0.05, 0.1) is 6.07 Å². The van der Waals surface area contributed by atoms with Crippen molar-refractivity contribution in [3.8, 4) is 6.07 Å². The summed E-state index contributed by atoms with van der Waals surface area (Å²) in [7, 11) is -1.69. The Morgan fingerprint density at radius 2 is 1.59 bits per heavy atom. The Morgan fingerprint density at radius 3 is 1.88 bits per heavy atom. The summed E-state index contributed by atoms with van der Waals surface area (Å²) < 4.78 is 6.28. The van der Waals surface area contributed by atoms with Crippen molar-refractivity contribution in [2.24, 2.45) is 5.41 Å². The molecule has 100 valence electrons. The Labute approximate surface area is 108 Å². The van der Waals surface area contributed by atoms with Crippen molar-refractivity contribution >= 4 is 8.32 Å². The van der Waals surface area contributed by atoms with E-state index in [0.717, 1.165) is 19.4 Å². The van der Waals surface area contributed by atoms with Crippen molar-refractivity contribution in [3.05, 3.63) is 0 Å². The number of nitriles is 1. The standard InChI is InChI=1S/C14H29NOSi/c1-8-14(9-2,10-11-15)12-16-17(6,7)13(3,4)5/h8-10,12H2,1-7H3. The Morgan fingerprint density at radius 1 is 1.12 bits per heavy atom. The lowest BCUT2D eigenvalue weighted by molar-refractivity contribution is 0.125. The zero-order chi connectivity index (χ0) is 13.7. The lowest BCUT2D eigenvalue weighted by Gasteiger charge is -2.40. The van der Waals surface area contributed by atoms with E-state index in [-0.39, 0.29) is 10.5 Å². The first-order chi connectivity index (χ1) is 7.64. The molecule has 0 unspecified atom stereocenters. The molecular weight excluding hydrogens is 226 g/mol. The summed E-state index contributed by atoms with van der Waals surface area (Å²) >= 11 is 0. The summed E-state index contributed by atoms with van der Waals surface area (Å²) in [5.74, 6) is 0. The second kappa shape index (κ2) is 6.02. The molecule has 17 heavy (non-hydrogen) atoms. The second-order valence-electron chi connectivity index (χ2n) is 6.59. The van der Waals surface area contributed by atoms with Gasteiger partial charge in [-0.15, -0.1) is 0 Å². The molecule has 0 aliphatic carbocycles. The van der Waals surface area contributed by atoms with Gasteiger partial charge in [0.15, 0.2) is 8.32 Å². The molecule has 0 aromatic heterocycles. The fourth-order valence-corrected chi connectivity index (χ4v) is 2.57. The first kappa shape index (κ1) is 16.7. The van der Waals surface area contributed by atoms with Crippen LogP contribution in [0.4, 0.5) is 0 Å². The Kier molecular flexibility index (Phi) is 5.90. The van der Waals surface area contributed by atoms with Crippen LogP contribution in [0.15, 0.2) is 0 Å². The molecule has 0 aromatic carbocycles. The Bertz CT molecular complexity index is 269. The van der Waals surface area contributed by atoms with Crippen LogP contribution in [0.2, 0.25) is 18.1 Å². The van der Waals surface area contributed by atoms with E-state index in [4.69, 9.17) is 9.69 Å². The van der Waals surface area contributed by atoms with Crippen LogP contribution in [0.3, 0.4) is 0 Å². The molecule has 0 bridgehead atoms. The third-order valence-electron chi connectivity index (χ3n) is 4.50. The van der Waals surface area contributed by atoms with Gasteiger partial charge in [-0.05, 0) is 31.0 Å². The van der Waals surface area contributed by atoms with Gasteiger partial charge in [0, 0.05) is 18.4 Å². The van der Waals surface area contributed by atoms with Gasteiger partial charge in [-0.25, -0.2) is 0 Å². The van der Waals surface area contributed by atoms with Crippen LogP contribution >= 0.6 is 0 Å². The first-order valence-corrected chi connectivity index (χ1v) is 9.56. The highest BCUT2D eigenvalue weighted by Gasteiger charge is 2.39. The number of hydrogen-bond donors (Lipinski definition) is 0. The van der Waals surface area contributed by atoms with Crippen molar-refractivity contribution in [2.75, 3.05) is 6.61 Å². The fraction of sp³-hybridized carbons (Fsp3) is 0.929. The van der Waals surface area contributed by atoms with Gasteiger partial charge in [-0.2, -0.15) is 5.26 Å². The molecule has 0 spiro atoms. The maximum atomic E-state index is 8.96. The summed E-state index contributed by atoms with van der Waals surface area (Å²) in [5, 5.41) is 9.20. The van der Waals surface area contributed by atoms with E-state index in [1.165, 1.54) is 0 Å². The topological polar surface area (TPSA) is 33.0 Å². The van der Waals surface area contributed by atoms with Gasteiger partial charge >= 0.3 is 0 Å². The minimum atomic E-state index is -1.69. The molecule has 0 aromatic rings. The molecule has 0 heterocycles. The van der Waals surface area contributed by atoms with Crippen molar-refractivity contribution in [3.63, 3.8) is 0 Å². The molecule has 0 N–H and O–H groups in total. The van der Waals surface area contributed by atoms with Gasteiger partial charge in [-0.1, -0.05) is 34.6 Å². The van der Waals surface area contributed by atoms with E-state index < -0.39 is 8.32 Å². The maximum absolute atomic E-state index is 8.96. The summed E-state index contributed by atoms with van der Waals surface area (Å²) in [5.41, 5.74) is 0.0598. The second-order valence-corrected chi connectivity index (χ2v) is 11.4. The molecule has 0 radical (unpaired) electrons. The molecule has 0 aliphatic heterocycles. The molecule has 0 atom stereocenters. The smallest absolute Gasteiger partial charge is 0.192 e. The third-order valence-corrected chi connectivity index (χ3v) is 8.98. The predicted molar refractivity (Wildman–Crippen MR) is 76.4 cm³/mol.